The van der Waals surface area contributed by atoms with Crippen LogP contribution in [0.3, 0.4) is 0 Å². The van der Waals surface area contributed by atoms with E-state index in [-0.39, 0.29) is 6.61 Å². The third kappa shape index (κ3) is 3.10. The smallest absolute Gasteiger partial charge is 0.0449 e. The van der Waals surface area contributed by atoms with Gasteiger partial charge in [-0.3, -0.25) is 4.90 Å². The minimum Gasteiger partial charge on any atom is -0.396 e. The average molecular weight is 248 g/mol. The molecular formula is C15H24N2O. The Kier molecular flexibility index (Phi) is 4.75. The molecule has 0 bridgehead atoms. The largest absolute Gasteiger partial charge is 0.396 e. The van der Waals surface area contributed by atoms with Crippen LogP contribution in [0.1, 0.15) is 29.2 Å². The van der Waals surface area contributed by atoms with Crippen LogP contribution in [0, 0.1) is 13.8 Å². The molecule has 1 atom stereocenters. The molecule has 100 valence electrons. The van der Waals surface area contributed by atoms with E-state index in [1.54, 1.807) is 0 Å². The summed E-state index contributed by atoms with van der Waals surface area (Å²) in [5.41, 5.74) is 4.02. The lowest BCUT2D eigenvalue weighted by atomic mass is 9.95. The van der Waals surface area contributed by atoms with Crippen LogP contribution < -0.4 is 5.32 Å². The first-order chi connectivity index (χ1) is 8.72. The van der Waals surface area contributed by atoms with E-state index in [0.29, 0.717) is 6.04 Å². The van der Waals surface area contributed by atoms with E-state index in [0.717, 1.165) is 32.6 Å². The molecule has 1 aliphatic rings. The van der Waals surface area contributed by atoms with Crippen LogP contribution in [0.15, 0.2) is 18.2 Å². The van der Waals surface area contributed by atoms with Crippen molar-refractivity contribution in [1.29, 1.82) is 0 Å². The zero-order valence-electron chi connectivity index (χ0n) is 11.4. The Hall–Kier alpha value is -0.900. The molecule has 0 aliphatic carbocycles. The SMILES string of the molecule is Cc1ccc([C@@H](CCO)N2CCNCC2)c(C)c1. The number of rotatable bonds is 4. The van der Waals surface area contributed by atoms with E-state index in [1.807, 2.05) is 0 Å². The van der Waals surface area contributed by atoms with Crippen molar-refractivity contribution >= 4 is 0 Å². The van der Waals surface area contributed by atoms with Gasteiger partial charge in [-0.25, -0.2) is 0 Å². The first-order valence-corrected chi connectivity index (χ1v) is 6.85. The van der Waals surface area contributed by atoms with Gasteiger partial charge in [0.2, 0.25) is 0 Å². The summed E-state index contributed by atoms with van der Waals surface area (Å²) < 4.78 is 0. The number of piperazine rings is 1. The van der Waals surface area contributed by atoms with E-state index < -0.39 is 0 Å². The van der Waals surface area contributed by atoms with Gasteiger partial charge in [0.1, 0.15) is 0 Å². The lowest BCUT2D eigenvalue weighted by Gasteiger charge is -2.35. The van der Waals surface area contributed by atoms with Crippen LogP contribution >= 0.6 is 0 Å². The third-order valence-electron chi connectivity index (χ3n) is 3.78. The van der Waals surface area contributed by atoms with Crippen molar-refractivity contribution in [3.05, 3.63) is 34.9 Å². The number of aliphatic hydroxyl groups is 1. The number of nitrogens with zero attached hydrogens (tertiary/aromatic N) is 1. The van der Waals surface area contributed by atoms with Crippen LogP contribution in [0.4, 0.5) is 0 Å². The fourth-order valence-corrected chi connectivity index (χ4v) is 2.85. The monoisotopic (exact) mass is 248 g/mol. The Morgan fingerprint density at radius 3 is 2.61 bits per heavy atom. The molecule has 2 rings (SSSR count). The normalized spacial score (nSPS) is 18.8. The van der Waals surface area contributed by atoms with Crippen molar-refractivity contribution in [2.75, 3.05) is 32.8 Å². The molecule has 0 saturated carbocycles. The number of benzene rings is 1. The maximum absolute atomic E-state index is 9.33. The summed E-state index contributed by atoms with van der Waals surface area (Å²) in [6.45, 7) is 8.79. The maximum Gasteiger partial charge on any atom is 0.0449 e. The summed E-state index contributed by atoms with van der Waals surface area (Å²) in [4.78, 5) is 2.49. The summed E-state index contributed by atoms with van der Waals surface area (Å²) in [5, 5.41) is 12.7. The molecule has 1 saturated heterocycles. The highest BCUT2D eigenvalue weighted by Gasteiger charge is 2.22. The van der Waals surface area contributed by atoms with Crippen LogP contribution in [0.5, 0.6) is 0 Å². The Labute approximate surface area is 110 Å². The molecule has 3 heteroatoms. The maximum atomic E-state index is 9.33. The van der Waals surface area contributed by atoms with Crippen molar-refractivity contribution < 1.29 is 5.11 Å². The minimum absolute atomic E-state index is 0.252. The second-order valence-electron chi connectivity index (χ2n) is 5.17. The zero-order chi connectivity index (χ0) is 13.0. The van der Waals surface area contributed by atoms with Crippen molar-refractivity contribution in [3.63, 3.8) is 0 Å². The topological polar surface area (TPSA) is 35.5 Å². The molecule has 3 nitrogen and oxygen atoms in total. The second-order valence-corrected chi connectivity index (χ2v) is 5.17. The molecule has 2 N–H and O–H groups in total. The van der Waals surface area contributed by atoms with E-state index in [2.05, 4.69) is 42.3 Å². The first-order valence-electron chi connectivity index (χ1n) is 6.85. The van der Waals surface area contributed by atoms with Gasteiger partial charge < -0.3 is 10.4 Å². The van der Waals surface area contributed by atoms with Gasteiger partial charge in [-0.15, -0.1) is 0 Å². The quantitative estimate of drug-likeness (QED) is 0.850. The van der Waals surface area contributed by atoms with Gasteiger partial charge in [-0.05, 0) is 31.4 Å². The molecule has 1 fully saturated rings. The predicted molar refractivity (Wildman–Crippen MR) is 74.8 cm³/mol. The molecule has 0 radical (unpaired) electrons. The fraction of sp³-hybridized carbons (Fsp3) is 0.600. The van der Waals surface area contributed by atoms with Gasteiger partial charge in [-0.2, -0.15) is 0 Å². The van der Waals surface area contributed by atoms with Gasteiger partial charge in [0, 0.05) is 38.8 Å². The molecule has 1 aromatic rings. The Bertz CT molecular complexity index is 386. The van der Waals surface area contributed by atoms with Gasteiger partial charge in [0.25, 0.3) is 0 Å². The second kappa shape index (κ2) is 6.32. The molecule has 0 unspecified atom stereocenters. The van der Waals surface area contributed by atoms with E-state index >= 15 is 0 Å². The van der Waals surface area contributed by atoms with Crippen molar-refractivity contribution in [1.82, 2.24) is 10.2 Å². The van der Waals surface area contributed by atoms with Crippen molar-refractivity contribution in [3.8, 4) is 0 Å². The van der Waals surface area contributed by atoms with E-state index in [9.17, 15) is 5.11 Å². The summed E-state index contributed by atoms with van der Waals surface area (Å²) in [5.74, 6) is 0. The molecule has 18 heavy (non-hydrogen) atoms. The Morgan fingerprint density at radius 1 is 1.28 bits per heavy atom. The summed E-state index contributed by atoms with van der Waals surface area (Å²) in [7, 11) is 0. The summed E-state index contributed by atoms with van der Waals surface area (Å²) in [6.07, 6.45) is 0.823. The Balaban J connectivity index is 2.22. The third-order valence-corrected chi connectivity index (χ3v) is 3.78. The predicted octanol–water partition coefficient (Wildman–Crippen LogP) is 1.63. The Morgan fingerprint density at radius 2 is 2.00 bits per heavy atom. The average Bonchev–Trinajstić information content (AvgIpc) is 2.38. The molecule has 0 aromatic heterocycles. The number of hydrogen-bond acceptors (Lipinski definition) is 3. The standard InChI is InChI=1S/C15H24N2O/c1-12-3-4-14(13(2)11-12)15(5-10-18)17-8-6-16-7-9-17/h3-4,11,15-16,18H,5-10H2,1-2H3/t15-/m1/s1. The van der Waals surface area contributed by atoms with Gasteiger partial charge in [0.15, 0.2) is 0 Å². The molecule has 1 aliphatic heterocycles. The lowest BCUT2D eigenvalue weighted by molar-refractivity contribution is 0.140. The van der Waals surface area contributed by atoms with Crippen LogP contribution in [-0.2, 0) is 0 Å². The molecule has 0 amide bonds. The molecule has 0 spiro atoms. The number of aryl methyl sites for hydroxylation is 2. The van der Waals surface area contributed by atoms with Crippen LogP contribution in [0.25, 0.3) is 0 Å². The van der Waals surface area contributed by atoms with Gasteiger partial charge >= 0.3 is 0 Å². The van der Waals surface area contributed by atoms with Gasteiger partial charge in [0.05, 0.1) is 0 Å². The molecular weight excluding hydrogens is 224 g/mol. The number of aliphatic hydroxyl groups excluding tert-OH is 1. The summed E-state index contributed by atoms with van der Waals surface area (Å²) >= 11 is 0. The molecule has 1 heterocycles. The van der Waals surface area contributed by atoms with Crippen LogP contribution in [0.2, 0.25) is 0 Å². The van der Waals surface area contributed by atoms with Crippen LogP contribution in [-0.4, -0.2) is 42.8 Å². The summed E-state index contributed by atoms with van der Waals surface area (Å²) in [6, 6.07) is 7.00. The fourth-order valence-electron chi connectivity index (χ4n) is 2.85. The molecule has 1 aromatic carbocycles. The highest BCUT2D eigenvalue weighted by Crippen LogP contribution is 2.27. The zero-order valence-corrected chi connectivity index (χ0v) is 11.4. The van der Waals surface area contributed by atoms with E-state index in [1.165, 1.54) is 16.7 Å². The van der Waals surface area contributed by atoms with E-state index in [4.69, 9.17) is 0 Å². The highest BCUT2D eigenvalue weighted by molar-refractivity contribution is 5.33. The number of hydrogen-bond donors (Lipinski definition) is 2. The minimum atomic E-state index is 0.252. The number of nitrogens with one attached hydrogen (secondary N) is 1. The van der Waals surface area contributed by atoms with Crippen molar-refractivity contribution in [2.45, 2.75) is 26.3 Å². The van der Waals surface area contributed by atoms with Gasteiger partial charge in [-0.1, -0.05) is 23.8 Å². The first kappa shape index (κ1) is 13.5. The van der Waals surface area contributed by atoms with Crippen molar-refractivity contribution in [2.24, 2.45) is 0 Å². The highest BCUT2D eigenvalue weighted by atomic mass is 16.3. The lowest BCUT2D eigenvalue weighted by Crippen LogP contribution is -2.45.